The molecule has 1 aromatic carbocycles. The third-order valence-corrected chi connectivity index (χ3v) is 4.16. The van der Waals surface area contributed by atoms with Gasteiger partial charge >= 0.3 is 0 Å². The Bertz CT molecular complexity index is 481. The summed E-state index contributed by atoms with van der Waals surface area (Å²) in [6.45, 7) is 0. The average molecular weight is 243 g/mol. The van der Waals surface area contributed by atoms with Crippen molar-refractivity contribution in [3.63, 3.8) is 0 Å². The first kappa shape index (κ1) is 12.8. The molecule has 1 rings (SSSR count). The molecule has 16 heavy (non-hydrogen) atoms. The van der Waals surface area contributed by atoms with Crippen LogP contribution in [0.5, 0.6) is 0 Å². The number of nitrogens with two attached hydrogens (primary N) is 1. The molecule has 0 radical (unpaired) electrons. The highest BCUT2D eigenvalue weighted by Gasteiger charge is 2.21. The molecule has 0 aliphatic carbocycles. The maximum absolute atomic E-state index is 12.0. The smallest absolute Gasteiger partial charge is 0.244 e. The van der Waals surface area contributed by atoms with Crippen LogP contribution in [-0.4, -0.2) is 40.9 Å². The fourth-order valence-electron chi connectivity index (χ4n) is 1.34. The summed E-state index contributed by atoms with van der Waals surface area (Å²) in [5.41, 5.74) is 6.84. The van der Waals surface area contributed by atoms with Crippen molar-refractivity contribution in [3.8, 4) is 0 Å². The van der Waals surface area contributed by atoms with E-state index in [2.05, 4.69) is 0 Å². The Hall–Kier alpha value is -1.27. The Balaban J connectivity index is 3.43. The molecule has 6 heteroatoms. The summed E-state index contributed by atoms with van der Waals surface area (Å²) >= 11 is 0. The van der Waals surface area contributed by atoms with Crippen LogP contribution in [0.3, 0.4) is 0 Å². The highest BCUT2D eigenvalue weighted by atomic mass is 32.2. The predicted octanol–water partition coefficient (Wildman–Crippen LogP) is 0.585. The van der Waals surface area contributed by atoms with Crippen molar-refractivity contribution in [1.29, 1.82) is 0 Å². The molecule has 0 saturated heterocycles. The number of para-hydroxylation sites is 1. The molecular weight excluding hydrogens is 226 g/mol. The minimum atomic E-state index is -3.48. The zero-order chi connectivity index (χ0) is 12.5. The van der Waals surface area contributed by atoms with Crippen LogP contribution in [0.2, 0.25) is 0 Å². The molecule has 0 unspecified atom stereocenters. The Morgan fingerprint density at radius 2 is 1.69 bits per heavy atom. The second kappa shape index (κ2) is 4.31. The van der Waals surface area contributed by atoms with Crippen molar-refractivity contribution in [2.75, 3.05) is 38.8 Å². The van der Waals surface area contributed by atoms with E-state index < -0.39 is 10.0 Å². The van der Waals surface area contributed by atoms with E-state index in [1.165, 1.54) is 20.2 Å². The lowest BCUT2D eigenvalue weighted by atomic mass is 10.2. The van der Waals surface area contributed by atoms with Crippen LogP contribution in [0.25, 0.3) is 0 Å². The summed E-state index contributed by atoms with van der Waals surface area (Å²) in [4.78, 5) is 1.92. The summed E-state index contributed by atoms with van der Waals surface area (Å²) in [5.74, 6) is 0. The maximum Gasteiger partial charge on any atom is 0.244 e. The number of nitrogen functional groups attached to an aromatic ring is 1. The molecule has 90 valence electrons. The molecule has 0 saturated carbocycles. The van der Waals surface area contributed by atoms with E-state index in [0.29, 0.717) is 5.69 Å². The van der Waals surface area contributed by atoms with E-state index >= 15 is 0 Å². The summed E-state index contributed by atoms with van der Waals surface area (Å²) in [5, 5.41) is 0. The summed E-state index contributed by atoms with van der Waals surface area (Å²) < 4.78 is 25.1. The first-order valence-corrected chi connectivity index (χ1v) is 6.21. The lowest BCUT2D eigenvalue weighted by Crippen LogP contribution is -2.24. The van der Waals surface area contributed by atoms with Crippen molar-refractivity contribution in [2.45, 2.75) is 4.90 Å². The van der Waals surface area contributed by atoms with Crippen LogP contribution in [0.15, 0.2) is 23.1 Å². The lowest BCUT2D eigenvalue weighted by Gasteiger charge is -2.19. The van der Waals surface area contributed by atoms with Crippen LogP contribution in [-0.2, 0) is 10.0 Å². The van der Waals surface area contributed by atoms with Gasteiger partial charge < -0.3 is 10.6 Å². The topological polar surface area (TPSA) is 66.6 Å². The number of nitrogens with zero attached hydrogens (tertiary/aromatic N) is 2. The van der Waals surface area contributed by atoms with Gasteiger partial charge in [0.05, 0.1) is 11.4 Å². The van der Waals surface area contributed by atoms with Crippen LogP contribution in [0.1, 0.15) is 0 Å². The molecule has 0 atom stereocenters. The second-order valence-corrected chi connectivity index (χ2v) is 5.99. The van der Waals surface area contributed by atoms with E-state index in [-0.39, 0.29) is 10.6 Å². The molecule has 2 N–H and O–H groups in total. The Labute approximate surface area is 96.5 Å². The SMILES string of the molecule is CN(C)c1cccc(S(=O)(=O)N(C)C)c1N. The summed E-state index contributed by atoms with van der Waals surface area (Å²) in [6.07, 6.45) is 0. The van der Waals surface area contributed by atoms with Gasteiger partial charge in [-0.3, -0.25) is 0 Å². The second-order valence-electron chi connectivity index (χ2n) is 3.87. The van der Waals surface area contributed by atoms with Gasteiger partial charge in [0.2, 0.25) is 10.0 Å². The van der Waals surface area contributed by atoms with Crippen LogP contribution >= 0.6 is 0 Å². The van der Waals surface area contributed by atoms with Gasteiger partial charge in [0.1, 0.15) is 4.90 Å². The molecule has 0 aliphatic heterocycles. The molecule has 5 nitrogen and oxygen atoms in total. The number of rotatable bonds is 3. The zero-order valence-electron chi connectivity index (χ0n) is 9.93. The molecule has 0 spiro atoms. The molecule has 0 aromatic heterocycles. The first-order valence-electron chi connectivity index (χ1n) is 4.77. The van der Waals surface area contributed by atoms with Gasteiger partial charge in [0.15, 0.2) is 0 Å². The van der Waals surface area contributed by atoms with E-state index in [1.54, 1.807) is 17.0 Å². The van der Waals surface area contributed by atoms with Gasteiger partial charge in [0.25, 0.3) is 0 Å². The number of anilines is 2. The normalized spacial score (nSPS) is 11.8. The van der Waals surface area contributed by atoms with Gasteiger partial charge in [-0.15, -0.1) is 0 Å². The van der Waals surface area contributed by atoms with Crippen LogP contribution in [0.4, 0.5) is 11.4 Å². The Morgan fingerprint density at radius 1 is 1.12 bits per heavy atom. The van der Waals surface area contributed by atoms with Crippen molar-refractivity contribution in [2.24, 2.45) is 0 Å². The van der Waals surface area contributed by atoms with Crippen molar-refractivity contribution in [3.05, 3.63) is 18.2 Å². The fraction of sp³-hybridized carbons (Fsp3) is 0.400. The highest BCUT2D eigenvalue weighted by Crippen LogP contribution is 2.29. The monoisotopic (exact) mass is 243 g/mol. The standard InChI is InChI=1S/C10H17N3O2S/c1-12(2)8-6-5-7-9(10(8)11)16(14,15)13(3)4/h5-7H,11H2,1-4H3. The first-order chi connectivity index (χ1) is 7.28. The average Bonchev–Trinajstić information content (AvgIpc) is 2.16. The molecular formula is C10H17N3O2S. The number of hydrogen-bond acceptors (Lipinski definition) is 4. The van der Waals surface area contributed by atoms with Crippen LogP contribution < -0.4 is 10.6 Å². The number of sulfonamides is 1. The number of hydrogen-bond donors (Lipinski definition) is 1. The fourth-order valence-corrected chi connectivity index (χ4v) is 2.37. The molecule has 0 bridgehead atoms. The quantitative estimate of drug-likeness (QED) is 0.789. The largest absolute Gasteiger partial charge is 0.396 e. The molecule has 0 fully saturated rings. The lowest BCUT2D eigenvalue weighted by molar-refractivity contribution is 0.521. The third kappa shape index (κ3) is 2.12. The zero-order valence-corrected chi connectivity index (χ0v) is 10.7. The van der Waals surface area contributed by atoms with E-state index in [4.69, 9.17) is 5.73 Å². The van der Waals surface area contributed by atoms with Crippen molar-refractivity contribution in [1.82, 2.24) is 4.31 Å². The van der Waals surface area contributed by atoms with Gasteiger partial charge in [-0.25, -0.2) is 12.7 Å². The van der Waals surface area contributed by atoms with Gasteiger partial charge in [-0.2, -0.15) is 0 Å². The van der Waals surface area contributed by atoms with Crippen molar-refractivity contribution >= 4 is 21.4 Å². The molecule has 0 heterocycles. The minimum Gasteiger partial charge on any atom is -0.396 e. The van der Waals surface area contributed by atoms with E-state index in [0.717, 1.165) is 4.31 Å². The Kier molecular flexibility index (Phi) is 3.44. The van der Waals surface area contributed by atoms with Crippen molar-refractivity contribution < 1.29 is 8.42 Å². The molecule has 1 aromatic rings. The van der Waals surface area contributed by atoms with Gasteiger partial charge in [-0.05, 0) is 12.1 Å². The predicted molar refractivity (Wildman–Crippen MR) is 66.1 cm³/mol. The molecule has 0 amide bonds. The maximum atomic E-state index is 12.0. The number of benzene rings is 1. The third-order valence-electron chi connectivity index (χ3n) is 2.28. The van der Waals surface area contributed by atoms with E-state index in [9.17, 15) is 8.42 Å². The Morgan fingerprint density at radius 3 is 2.12 bits per heavy atom. The highest BCUT2D eigenvalue weighted by molar-refractivity contribution is 7.89. The van der Waals surface area contributed by atoms with E-state index in [1.807, 2.05) is 14.1 Å². The molecule has 0 aliphatic rings. The summed E-state index contributed by atoms with van der Waals surface area (Å²) in [6, 6.07) is 4.98. The van der Waals surface area contributed by atoms with Gasteiger partial charge in [0, 0.05) is 28.2 Å². The minimum absolute atomic E-state index is 0.142. The van der Waals surface area contributed by atoms with Crippen LogP contribution in [0, 0.1) is 0 Å². The van der Waals surface area contributed by atoms with Gasteiger partial charge in [-0.1, -0.05) is 6.07 Å². The summed E-state index contributed by atoms with van der Waals surface area (Å²) in [7, 11) is 3.12.